The van der Waals surface area contributed by atoms with Crippen molar-refractivity contribution in [3.05, 3.63) is 53.8 Å². The molecule has 0 radical (unpaired) electrons. The number of hydrogen-bond donors (Lipinski definition) is 1. The summed E-state index contributed by atoms with van der Waals surface area (Å²) in [5.74, 6) is -0.237. The van der Waals surface area contributed by atoms with Crippen molar-refractivity contribution in [2.24, 2.45) is 0 Å². The largest absolute Gasteiger partial charge is 0.397 e. The summed E-state index contributed by atoms with van der Waals surface area (Å²) < 4.78 is 13.8. The normalized spacial score (nSPS) is 10.4. The van der Waals surface area contributed by atoms with Crippen LogP contribution in [0.2, 0.25) is 0 Å². The highest BCUT2D eigenvalue weighted by molar-refractivity contribution is 5.75. The lowest BCUT2D eigenvalue weighted by Gasteiger charge is -2.25. The van der Waals surface area contributed by atoms with Crippen molar-refractivity contribution in [2.75, 3.05) is 17.2 Å². The minimum atomic E-state index is -0.237. The van der Waals surface area contributed by atoms with Crippen LogP contribution in [0.25, 0.3) is 0 Å². The fourth-order valence-electron chi connectivity index (χ4n) is 2.06. The summed E-state index contributed by atoms with van der Waals surface area (Å²) >= 11 is 0. The molecule has 2 aromatic carbocycles. The topological polar surface area (TPSA) is 29.3 Å². The minimum absolute atomic E-state index is 0.237. The molecule has 0 aliphatic carbocycles. The summed E-state index contributed by atoms with van der Waals surface area (Å²) in [4.78, 5) is 1.88. The summed E-state index contributed by atoms with van der Waals surface area (Å²) in [5, 5.41) is 0. The maximum Gasteiger partial charge on any atom is 0.146 e. The van der Waals surface area contributed by atoms with Gasteiger partial charge in [-0.25, -0.2) is 4.39 Å². The third-order valence-electron chi connectivity index (χ3n) is 2.93. The zero-order valence-corrected chi connectivity index (χ0v) is 10.7. The van der Waals surface area contributed by atoms with Gasteiger partial charge >= 0.3 is 0 Å². The minimum Gasteiger partial charge on any atom is -0.397 e. The lowest BCUT2D eigenvalue weighted by Crippen LogP contribution is -2.18. The summed E-state index contributed by atoms with van der Waals surface area (Å²) in [6.07, 6.45) is 0. The number of anilines is 3. The van der Waals surface area contributed by atoms with Crippen molar-refractivity contribution in [1.29, 1.82) is 0 Å². The van der Waals surface area contributed by atoms with E-state index >= 15 is 0 Å². The van der Waals surface area contributed by atoms with Gasteiger partial charge in [0.15, 0.2) is 0 Å². The lowest BCUT2D eigenvalue weighted by molar-refractivity contribution is 0.626. The van der Waals surface area contributed by atoms with Gasteiger partial charge < -0.3 is 10.6 Å². The predicted molar refractivity (Wildman–Crippen MR) is 74.7 cm³/mol. The Labute approximate surface area is 107 Å². The average molecular weight is 244 g/mol. The number of para-hydroxylation sites is 1. The van der Waals surface area contributed by atoms with E-state index in [-0.39, 0.29) is 5.82 Å². The zero-order valence-electron chi connectivity index (χ0n) is 10.7. The van der Waals surface area contributed by atoms with Gasteiger partial charge in [0, 0.05) is 6.54 Å². The summed E-state index contributed by atoms with van der Waals surface area (Å²) in [5.41, 5.74) is 9.18. The van der Waals surface area contributed by atoms with Crippen LogP contribution in [0.5, 0.6) is 0 Å². The molecule has 0 saturated heterocycles. The number of benzene rings is 2. The predicted octanol–water partition coefficient (Wildman–Crippen LogP) is 3.87. The van der Waals surface area contributed by atoms with Crippen molar-refractivity contribution in [3.8, 4) is 0 Å². The Morgan fingerprint density at radius 3 is 2.44 bits per heavy atom. The molecule has 0 aliphatic rings. The molecule has 2 aromatic rings. The maximum atomic E-state index is 13.8. The van der Waals surface area contributed by atoms with Gasteiger partial charge in [-0.1, -0.05) is 18.2 Å². The highest BCUT2D eigenvalue weighted by Gasteiger charge is 2.13. The van der Waals surface area contributed by atoms with Gasteiger partial charge in [-0.3, -0.25) is 0 Å². The van der Waals surface area contributed by atoms with Gasteiger partial charge in [0.25, 0.3) is 0 Å². The Morgan fingerprint density at radius 1 is 1.11 bits per heavy atom. The smallest absolute Gasteiger partial charge is 0.146 e. The third-order valence-corrected chi connectivity index (χ3v) is 2.93. The second-order valence-electron chi connectivity index (χ2n) is 4.26. The van der Waals surface area contributed by atoms with Crippen LogP contribution in [-0.2, 0) is 0 Å². The van der Waals surface area contributed by atoms with E-state index in [1.54, 1.807) is 12.1 Å². The van der Waals surface area contributed by atoms with E-state index in [0.717, 1.165) is 11.3 Å². The van der Waals surface area contributed by atoms with E-state index in [9.17, 15) is 4.39 Å². The Hall–Kier alpha value is -2.03. The first-order valence-electron chi connectivity index (χ1n) is 6.01. The molecule has 0 amide bonds. The van der Waals surface area contributed by atoms with Crippen LogP contribution in [0.15, 0.2) is 42.5 Å². The molecule has 0 spiro atoms. The van der Waals surface area contributed by atoms with Crippen LogP contribution >= 0.6 is 0 Å². The SMILES string of the molecule is CCN(c1ccc(C)cc1N)c1ccccc1F. The summed E-state index contributed by atoms with van der Waals surface area (Å²) in [6.45, 7) is 4.62. The molecule has 2 rings (SSSR count). The number of nitrogens with two attached hydrogens (primary N) is 1. The van der Waals surface area contributed by atoms with E-state index in [1.807, 2.05) is 43.0 Å². The van der Waals surface area contributed by atoms with Gasteiger partial charge in [0.2, 0.25) is 0 Å². The number of nitrogens with zero attached hydrogens (tertiary/aromatic N) is 1. The van der Waals surface area contributed by atoms with E-state index in [0.29, 0.717) is 17.9 Å². The average Bonchev–Trinajstić information content (AvgIpc) is 2.34. The molecule has 0 heterocycles. The van der Waals surface area contributed by atoms with E-state index in [2.05, 4.69) is 0 Å². The first kappa shape index (κ1) is 12.4. The van der Waals surface area contributed by atoms with E-state index in [1.165, 1.54) is 6.07 Å². The summed E-state index contributed by atoms with van der Waals surface area (Å²) in [7, 11) is 0. The van der Waals surface area contributed by atoms with Crippen molar-refractivity contribution < 1.29 is 4.39 Å². The molecule has 0 atom stereocenters. The molecular weight excluding hydrogens is 227 g/mol. The molecule has 0 aliphatic heterocycles. The molecule has 0 fully saturated rings. The number of rotatable bonds is 3. The van der Waals surface area contributed by atoms with Crippen LogP contribution in [0.1, 0.15) is 12.5 Å². The summed E-state index contributed by atoms with van der Waals surface area (Å²) in [6, 6.07) is 12.5. The van der Waals surface area contributed by atoms with Crippen LogP contribution in [0.4, 0.5) is 21.5 Å². The first-order valence-corrected chi connectivity index (χ1v) is 6.01. The molecule has 2 N–H and O–H groups in total. The van der Waals surface area contributed by atoms with E-state index in [4.69, 9.17) is 5.73 Å². The number of aryl methyl sites for hydroxylation is 1. The molecule has 3 heteroatoms. The van der Waals surface area contributed by atoms with Crippen LogP contribution in [0, 0.1) is 12.7 Å². The molecule has 18 heavy (non-hydrogen) atoms. The molecule has 0 aromatic heterocycles. The van der Waals surface area contributed by atoms with Crippen molar-refractivity contribution in [1.82, 2.24) is 0 Å². The Balaban J connectivity index is 2.49. The van der Waals surface area contributed by atoms with Crippen molar-refractivity contribution in [3.63, 3.8) is 0 Å². The maximum absolute atomic E-state index is 13.8. The lowest BCUT2D eigenvalue weighted by atomic mass is 10.1. The Kier molecular flexibility index (Phi) is 3.51. The quantitative estimate of drug-likeness (QED) is 0.830. The first-order chi connectivity index (χ1) is 8.63. The fourth-order valence-corrected chi connectivity index (χ4v) is 2.06. The van der Waals surface area contributed by atoms with E-state index < -0.39 is 0 Å². The zero-order chi connectivity index (χ0) is 13.1. The van der Waals surface area contributed by atoms with Gasteiger partial charge in [0.1, 0.15) is 5.82 Å². The highest BCUT2D eigenvalue weighted by Crippen LogP contribution is 2.32. The van der Waals surface area contributed by atoms with Gasteiger partial charge in [-0.05, 0) is 43.7 Å². The Bertz CT molecular complexity index is 552. The standard InChI is InChI=1S/C15H17FN2/c1-3-18(14-7-5-4-6-12(14)16)15-9-8-11(2)10-13(15)17/h4-10H,3,17H2,1-2H3. The van der Waals surface area contributed by atoms with Crippen LogP contribution in [-0.4, -0.2) is 6.54 Å². The number of hydrogen-bond acceptors (Lipinski definition) is 2. The molecule has 0 saturated carbocycles. The number of nitrogen functional groups attached to an aromatic ring is 1. The highest BCUT2D eigenvalue weighted by atomic mass is 19.1. The monoisotopic (exact) mass is 244 g/mol. The second kappa shape index (κ2) is 5.08. The molecular formula is C15H17FN2. The van der Waals surface area contributed by atoms with Gasteiger partial charge in [0.05, 0.1) is 17.1 Å². The van der Waals surface area contributed by atoms with Gasteiger partial charge in [-0.2, -0.15) is 0 Å². The molecule has 0 bridgehead atoms. The van der Waals surface area contributed by atoms with Crippen molar-refractivity contribution >= 4 is 17.1 Å². The second-order valence-corrected chi connectivity index (χ2v) is 4.26. The van der Waals surface area contributed by atoms with Gasteiger partial charge in [-0.15, -0.1) is 0 Å². The third kappa shape index (κ3) is 2.30. The van der Waals surface area contributed by atoms with Crippen molar-refractivity contribution in [2.45, 2.75) is 13.8 Å². The van der Waals surface area contributed by atoms with Crippen LogP contribution < -0.4 is 10.6 Å². The fraction of sp³-hybridized carbons (Fsp3) is 0.200. The molecule has 0 unspecified atom stereocenters. The van der Waals surface area contributed by atoms with Crippen LogP contribution in [0.3, 0.4) is 0 Å². The Morgan fingerprint density at radius 2 is 1.83 bits per heavy atom. The molecule has 94 valence electrons. The molecule has 2 nitrogen and oxygen atoms in total. The number of halogens is 1.